The molecule has 0 spiro atoms. The van der Waals surface area contributed by atoms with Crippen LogP contribution in [0.3, 0.4) is 0 Å². The Morgan fingerprint density at radius 1 is 1.13 bits per heavy atom. The summed E-state index contributed by atoms with van der Waals surface area (Å²) < 4.78 is 26.2. The van der Waals surface area contributed by atoms with Crippen LogP contribution in [-0.4, -0.2) is 24.8 Å². The fourth-order valence-corrected chi connectivity index (χ4v) is 5.53. The number of nitriles is 1. The molecule has 3 aromatic carbocycles. The summed E-state index contributed by atoms with van der Waals surface area (Å²) in [5.74, 6) is 0.930. The first kappa shape index (κ1) is 26.5. The van der Waals surface area contributed by atoms with Crippen LogP contribution in [0.5, 0.6) is 0 Å². The second-order valence-corrected chi connectivity index (χ2v) is 11.3. The number of benzene rings is 3. The first-order chi connectivity index (χ1) is 18.7. The molecule has 1 aliphatic rings. The minimum absolute atomic E-state index is 0.139. The van der Waals surface area contributed by atoms with Crippen LogP contribution < -0.4 is 5.32 Å². The lowest BCUT2D eigenvalue weighted by atomic mass is 9.87. The van der Waals surface area contributed by atoms with E-state index in [-0.39, 0.29) is 17.7 Å². The smallest absolute Gasteiger partial charge is 0.257 e. The molecule has 2 unspecified atom stereocenters. The molecule has 2 atom stereocenters. The highest BCUT2D eigenvalue weighted by Gasteiger charge is 2.51. The molecule has 0 aliphatic heterocycles. The molecule has 0 bridgehead atoms. The molecule has 1 aliphatic carbocycles. The summed E-state index contributed by atoms with van der Waals surface area (Å²) in [6.07, 6.45) is 2.01. The van der Waals surface area contributed by atoms with Crippen molar-refractivity contribution in [3.8, 4) is 17.5 Å². The molecule has 1 fully saturated rings. The minimum Gasteiger partial charge on any atom is -0.334 e. The van der Waals surface area contributed by atoms with Crippen molar-refractivity contribution in [3.05, 3.63) is 99.9 Å². The maximum Gasteiger partial charge on any atom is 0.257 e. The second-order valence-electron chi connectivity index (χ2n) is 10.1. The average Bonchev–Trinajstić information content (AvgIpc) is 3.54. The van der Waals surface area contributed by atoms with Gasteiger partial charge >= 0.3 is 0 Å². The Bertz CT molecular complexity index is 1580. The van der Waals surface area contributed by atoms with Gasteiger partial charge in [0.25, 0.3) is 5.89 Å². The van der Waals surface area contributed by atoms with E-state index in [1.54, 1.807) is 43.3 Å². The number of aromatic nitrogens is 2. The van der Waals surface area contributed by atoms with E-state index < -0.39 is 16.3 Å². The highest BCUT2D eigenvalue weighted by Crippen LogP contribution is 2.54. The van der Waals surface area contributed by atoms with Gasteiger partial charge in [-0.15, -0.1) is 0 Å². The number of hydrogen-bond donors (Lipinski definition) is 2. The maximum absolute atomic E-state index is 12.8. The van der Waals surface area contributed by atoms with Gasteiger partial charge in [-0.25, -0.2) is 4.21 Å². The van der Waals surface area contributed by atoms with E-state index in [0.717, 1.165) is 51.9 Å². The predicted molar refractivity (Wildman–Crippen MR) is 148 cm³/mol. The number of carbonyl (C=O) groups excluding carboxylic acids is 1. The van der Waals surface area contributed by atoms with E-state index in [1.165, 1.54) is 0 Å². The Kier molecular flexibility index (Phi) is 7.17. The van der Waals surface area contributed by atoms with Crippen molar-refractivity contribution < 1.29 is 18.1 Å². The van der Waals surface area contributed by atoms with Crippen molar-refractivity contribution in [3.63, 3.8) is 0 Å². The molecule has 0 radical (unpaired) electrons. The number of nitrogens with one attached hydrogen (secondary N) is 1. The van der Waals surface area contributed by atoms with Crippen molar-refractivity contribution in [1.82, 2.24) is 10.1 Å². The lowest BCUT2D eigenvalue weighted by molar-refractivity contribution is -0.115. The molecule has 1 aromatic heterocycles. The van der Waals surface area contributed by atoms with Gasteiger partial charge in [-0.1, -0.05) is 29.4 Å². The highest BCUT2D eigenvalue weighted by molar-refractivity contribution is 7.79. The lowest BCUT2D eigenvalue weighted by Crippen LogP contribution is -2.17. The number of aryl methyl sites for hydroxylation is 2. The molecular formula is C30H28N4O4S. The fourth-order valence-electron chi connectivity index (χ4n) is 5.14. The number of anilines is 1. The van der Waals surface area contributed by atoms with Crippen LogP contribution in [0.15, 0.2) is 65.2 Å². The zero-order valence-corrected chi connectivity index (χ0v) is 22.7. The normalized spacial score (nSPS) is 15.3. The molecule has 39 heavy (non-hydrogen) atoms. The maximum atomic E-state index is 12.8. The third-order valence-corrected chi connectivity index (χ3v) is 8.15. The molecule has 4 aromatic rings. The van der Waals surface area contributed by atoms with Crippen molar-refractivity contribution >= 4 is 22.7 Å². The number of carbonyl (C=O) groups is 1. The number of nitrogens with zero attached hydrogens (tertiary/aromatic N) is 3. The lowest BCUT2D eigenvalue weighted by Gasteiger charge is -2.19. The van der Waals surface area contributed by atoms with Crippen LogP contribution in [0.1, 0.15) is 64.2 Å². The van der Waals surface area contributed by atoms with E-state index in [2.05, 4.69) is 16.5 Å². The average molecular weight is 541 g/mol. The Hall–Kier alpha value is -4.13. The van der Waals surface area contributed by atoms with Gasteiger partial charge in [0.05, 0.1) is 28.7 Å². The van der Waals surface area contributed by atoms with Gasteiger partial charge in [-0.3, -0.25) is 4.79 Å². The molecule has 1 amide bonds. The summed E-state index contributed by atoms with van der Waals surface area (Å²) in [4.78, 5) is 17.5. The molecule has 2 N–H and O–H groups in total. The predicted octanol–water partition coefficient (Wildman–Crippen LogP) is 5.77. The van der Waals surface area contributed by atoms with Gasteiger partial charge < -0.3 is 14.4 Å². The molecule has 8 nitrogen and oxygen atoms in total. The summed E-state index contributed by atoms with van der Waals surface area (Å²) in [6.45, 7) is 5.75. The molecule has 5 rings (SSSR count). The van der Waals surface area contributed by atoms with Crippen LogP contribution in [0.25, 0.3) is 11.5 Å². The van der Waals surface area contributed by atoms with E-state index in [4.69, 9.17) is 14.8 Å². The Morgan fingerprint density at radius 2 is 1.77 bits per heavy atom. The standard InChI is InChI=1S/C30H28N4O4S/c1-18-14-25(32-26(35)16-21-4-8-23(9-5-21)20(3)39(36)37)15-19(2)27(18)30(12-13-30)29-33-28(38-34-29)24-10-6-22(17-31)7-11-24/h4-11,14-15,20H,12-13,16H2,1-3H3,(H,32,35)(H,36,37). The van der Waals surface area contributed by atoms with E-state index in [0.29, 0.717) is 17.3 Å². The van der Waals surface area contributed by atoms with Crippen molar-refractivity contribution in [2.75, 3.05) is 5.32 Å². The van der Waals surface area contributed by atoms with Gasteiger partial charge in [0.1, 0.15) is 0 Å². The Labute approximate surface area is 229 Å². The summed E-state index contributed by atoms with van der Waals surface area (Å²) in [5.41, 5.74) is 6.56. The first-order valence-electron chi connectivity index (χ1n) is 12.6. The second kappa shape index (κ2) is 10.6. The quantitative estimate of drug-likeness (QED) is 0.271. The summed E-state index contributed by atoms with van der Waals surface area (Å²) in [6, 6.07) is 20.3. The molecule has 198 valence electrons. The monoisotopic (exact) mass is 540 g/mol. The number of amides is 1. The van der Waals surface area contributed by atoms with Crippen LogP contribution in [0, 0.1) is 25.2 Å². The summed E-state index contributed by atoms with van der Waals surface area (Å²) in [7, 11) is 0. The molecule has 1 heterocycles. The SMILES string of the molecule is Cc1cc(NC(=O)Cc2ccc(C(C)S(=O)O)cc2)cc(C)c1C1(c2noc(-c3ccc(C#N)cc3)n2)CC1. The third-order valence-electron chi connectivity index (χ3n) is 7.28. The summed E-state index contributed by atoms with van der Waals surface area (Å²) in [5, 5.41) is 15.9. The largest absolute Gasteiger partial charge is 0.334 e. The number of rotatable bonds is 8. The van der Waals surface area contributed by atoms with Gasteiger partial charge in [0.15, 0.2) is 16.9 Å². The Balaban J connectivity index is 1.31. The molecular weight excluding hydrogens is 512 g/mol. The number of hydrogen-bond acceptors (Lipinski definition) is 6. The van der Waals surface area contributed by atoms with Gasteiger partial charge in [0.2, 0.25) is 5.91 Å². The van der Waals surface area contributed by atoms with E-state index in [9.17, 15) is 13.6 Å². The molecule has 1 saturated carbocycles. The van der Waals surface area contributed by atoms with E-state index in [1.807, 2.05) is 38.1 Å². The van der Waals surface area contributed by atoms with E-state index >= 15 is 0 Å². The van der Waals surface area contributed by atoms with Crippen molar-refractivity contribution in [2.24, 2.45) is 0 Å². The molecule has 0 saturated heterocycles. The zero-order valence-electron chi connectivity index (χ0n) is 21.9. The van der Waals surface area contributed by atoms with Gasteiger partial charge in [0, 0.05) is 11.3 Å². The first-order valence-corrected chi connectivity index (χ1v) is 13.8. The fraction of sp³-hybridized carbons (Fsp3) is 0.267. The highest BCUT2D eigenvalue weighted by atomic mass is 32.2. The minimum atomic E-state index is -1.94. The van der Waals surface area contributed by atoms with Crippen LogP contribution >= 0.6 is 0 Å². The van der Waals surface area contributed by atoms with Crippen molar-refractivity contribution in [2.45, 2.75) is 50.7 Å². The van der Waals surface area contributed by atoms with Crippen LogP contribution in [0.2, 0.25) is 0 Å². The van der Waals surface area contributed by atoms with Gasteiger partial charge in [-0.05, 0) is 97.8 Å². The van der Waals surface area contributed by atoms with Gasteiger partial charge in [-0.2, -0.15) is 10.2 Å². The topological polar surface area (TPSA) is 129 Å². The summed E-state index contributed by atoms with van der Waals surface area (Å²) >= 11 is -1.94. The zero-order chi connectivity index (χ0) is 27.7. The Morgan fingerprint density at radius 3 is 2.33 bits per heavy atom. The third kappa shape index (κ3) is 5.39. The van der Waals surface area contributed by atoms with Crippen molar-refractivity contribution in [1.29, 1.82) is 5.26 Å². The van der Waals surface area contributed by atoms with Crippen LogP contribution in [0.4, 0.5) is 5.69 Å². The molecule has 9 heteroatoms. The van der Waals surface area contributed by atoms with Crippen LogP contribution in [-0.2, 0) is 27.7 Å².